The van der Waals surface area contributed by atoms with Crippen molar-refractivity contribution < 1.29 is 36.0 Å². The molecule has 2 unspecified atom stereocenters. The summed E-state index contributed by atoms with van der Waals surface area (Å²) in [5.74, 6) is 2.65. The average Bonchev–Trinajstić information content (AvgIpc) is 3.26. The highest BCUT2D eigenvalue weighted by Gasteiger charge is 2.44. The second-order valence-corrected chi connectivity index (χ2v) is 20.1. The van der Waals surface area contributed by atoms with Crippen LogP contribution in [0.5, 0.6) is 11.5 Å². The summed E-state index contributed by atoms with van der Waals surface area (Å²) in [5, 5.41) is 1.92. The summed E-state index contributed by atoms with van der Waals surface area (Å²) < 4.78 is 50.6. The maximum atomic E-state index is 6.77. The van der Waals surface area contributed by atoms with Crippen molar-refractivity contribution in [2.45, 2.75) is 121 Å². The second-order valence-electron chi connectivity index (χ2n) is 15.0. The van der Waals surface area contributed by atoms with Crippen molar-refractivity contribution in [2.24, 2.45) is 11.8 Å². The first-order valence-corrected chi connectivity index (χ1v) is 26.5. The van der Waals surface area contributed by atoms with Crippen molar-refractivity contribution in [3.05, 3.63) is 82.9 Å². The molecule has 3 aromatic rings. The van der Waals surface area contributed by atoms with E-state index in [1.54, 1.807) is 0 Å². The molecule has 0 aromatic heterocycles. The lowest BCUT2D eigenvalue weighted by molar-refractivity contribution is 0.0851. The van der Waals surface area contributed by atoms with Gasteiger partial charge in [-0.05, 0) is 89.5 Å². The average molecular weight is 863 g/mol. The molecular formula is C50H78O8Si2. The van der Waals surface area contributed by atoms with Gasteiger partial charge in [0.1, 0.15) is 11.5 Å². The van der Waals surface area contributed by atoms with Gasteiger partial charge in [0.2, 0.25) is 0 Å². The normalized spacial score (nSPS) is 13.4. The summed E-state index contributed by atoms with van der Waals surface area (Å²) in [6, 6.07) is 21.0. The number of unbranched alkanes of at least 4 members (excludes halogenated alkanes) is 2. The predicted molar refractivity (Wildman–Crippen MR) is 255 cm³/mol. The van der Waals surface area contributed by atoms with Crippen LogP contribution in [-0.2, 0) is 26.6 Å². The van der Waals surface area contributed by atoms with Gasteiger partial charge in [0.05, 0.1) is 13.2 Å². The number of rotatable bonds is 32. The van der Waals surface area contributed by atoms with Gasteiger partial charge in [-0.1, -0.05) is 139 Å². The van der Waals surface area contributed by atoms with Crippen LogP contribution in [-0.4, -0.2) is 70.5 Å². The Balaban J connectivity index is 2.11. The van der Waals surface area contributed by atoms with E-state index >= 15 is 0 Å². The standard InChI is InChI=1S/C50H78O8Si2/c1-11-21-23-41(13-3)39-51-49-37-46(32-26-44-29-35-48(36-30-44)60(56-18-8,57-19-9)58-20-10)50(52-40-42(14-4)24-22-12-2)38-45(49)31-25-43-27-33-47(34-28-43)59(53-15-5,54-16-6)55-17-7/h25-38,41-42H,11-24,39-40H2,1-10H3/b31-25+,32-26+. The Hall–Kier alpha value is -3.07. The van der Waals surface area contributed by atoms with Crippen molar-refractivity contribution >= 4 is 52.3 Å². The van der Waals surface area contributed by atoms with Gasteiger partial charge in [-0.25, -0.2) is 0 Å². The first-order chi connectivity index (χ1) is 29.2. The van der Waals surface area contributed by atoms with Crippen molar-refractivity contribution in [3.8, 4) is 11.5 Å². The predicted octanol–water partition coefficient (Wildman–Crippen LogP) is 11.7. The molecule has 0 spiro atoms. The lowest BCUT2D eigenvalue weighted by Gasteiger charge is -2.28. The van der Waals surface area contributed by atoms with E-state index in [0.717, 1.165) is 69.8 Å². The lowest BCUT2D eigenvalue weighted by atomic mass is 10.00. The Labute approximate surface area is 366 Å². The molecule has 0 saturated carbocycles. The van der Waals surface area contributed by atoms with Crippen LogP contribution in [0.4, 0.5) is 0 Å². The van der Waals surface area contributed by atoms with E-state index in [4.69, 9.17) is 36.0 Å². The molecule has 2 atom stereocenters. The number of ether oxygens (including phenoxy) is 2. The highest BCUT2D eigenvalue weighted by atomic mass is 28.4. The van der Waals surface area contributed by atoms with Crippen molar-refractivity contribution in [3.63, 3.8) is 0 Å². The highest BCUT2D eigenvalue weighted by molar-refractivity contribution is 6.75. The zero-order chi connectivity index (χ0) is 43.6. The van der Waals surface area contributed by atoms with Crippen LogP contribution < -0.4 is 19.8 Å². The molecule has 60 heavy (non-hydrogen) atoms. The zero-order valence-electron chi connectivity index (χ0n) is 38.8. The topological polar surface area (TPSA) is 73.8 Å². The van der Waals surface area contributed by atoms with Gasteiger partial charge in [-0.15, -0.1) is 0 Å². The van der Waals surface area contributed by atoms with E-state index < -0.39 is 17.6 Å². The fraction of sp³-hybridized carbons (Fsp3) is 0.560. The maximum absolute atomic E-state index is 6.77. The summed E-state index contributed by atoms with van der Waals surface area (Å²) >= 11 is 0. The van der Waals surface area contributed by atoms with Crippen LogP contribution in [0.3, 0.4) is 0 Å². The van der Waals surface area contributed by atoms with Gasteiger partial charge in [-0.2, -0.15) is 0 Å². The number of hydrogen-bond donors (Lipinski definition) is 0. The van der Waals surface area contributed by atoms with Crippen LogP contribution in [0, 0.1) is 11.8 Å². The lowest BCUT2D eigenvalue weighted by Crippen LogP contribution is -2.56. The van der Waals surface area contributed by atoms with E-state index in [0.29, 0.717) is 64.7 Å². The molecule has 3 aromatic carbocycles. The van der Waals surface area contributed by atoms with E-state index in [1.165, 1.54) is 25.7 Å². The highest BCUT2D eigenvalue weighted by Crippen LogP contribution is 2.34. The van der Waals surface area contributed by atoms with Crippen LogP contribution in [0.2, 0.25) is 0 Å². The molecule has 10 heteroatoms. The van der Waals surface area contributed by atoms with Gasteiger partial charge in [0.25, 0.3) is 0 Å². The molecule has 0 saturated heterocycles. The summed E-state index contributed by atoms with van der Waals surface area (Å²) in [6.45, 7) is 25.4. The molecular weight excluding hydrogens is 785 g/mol. The molecule has 0 heterocycles. The summed E-state index contributed by atoms with van der Waals surface area (Å²) in [5.41, 5.74) is 4.07. The van der Waals surface area contributed by atoms with Crippen molar-refractivity contribution in [1.29, 1.82) is 0 Å². The third-order valence-electron chi connectivity index (χ3n) is 10.6. The first kappa shape index (κ1) is 51.3. The largest absolute Gasteiger partial charge is 0.537 e. The van der Waals surface area contributed by atoms with Crippen LogP contribution in [0.15, 0.2) is 60.7 Å². The molecule has 0 radical (unpaired) electrons. The number of hydrogen-bond acceptors (Lipinski definition) is 8. The van der Waals surface area contributed by atoms with Gasteiger partial charge >= 0.3 is 17.6 Å². The minimum atomic E-state index is -3.01. The fourth-order valence-electron chi connectivity index (χ4n) is 7.17. The molecule has 0 bridgehead atoms. The molecule has 0 aliphatic rings. The molecule has 0 aliphatic carbocycles. The van der Waals surface area contributed by atoms with Gasteiger partial charge in [-0.3, -0.25) is 0 Å². The zero-order valence-corrected chi connectivity index (χ0v) is 40.8. The summed E-state index contributed by atoms with van der Waals surface area (Å²) in [4.78, 5) is 0. The van der Waals surface area contributed by atoms with Crippen LogP contribution in [0.1, 0.15) is 143 Å². The summed E-state index contributed by atoms with van der Waals surface area (Å²) in [7, 11) is -6.01. The van der Waals surface area contributed by atoms with E-state index in [1.807, 2.05) is 41.5 Å². The van der Waals surface area contributed by atoms with Gasteiger partial charge in [0, 0.05) is 61.1 Å². The van der Waals surface area contributed by atoms with E-state index in [9.17, 15) is 0 Å². The second kappa shape index (κ2) is 28.5. The Morgan fingerprint density at radius 3 is 1.02 bits per heavy atom. The Kier molecular flexibility index (Phi) is 24.4. The van der Waals surface area contributed by atoms with E-state index in [2.05, 4.69) is 113 Å². The maximum Gasteiger partial charge on any atom is 0.537 e. The molecule has 0 fully saturated rings. The van der Waals surface area contributed by atoms with Gasteiger partial charge in [0.15, 0.2) is 0 Å². The SMILES string of the molecule is CCCCC(CC)COc1cc(/C=C/c2ccc([Si](OCC)(OCC)OCC)cc2)c(OCC(CC)CCCC)cc1/C=C/c1ccc([Si](OCC)(OCC)OCC)cc1. The van der Waals surface area contributed by atoms with Gasteiger partial charge < -0.3 is 36.0 Å². The monoisotopic (exact) mass is 863 g/mol. The third-order valence-corrected chi connectivity index (χ3v) is 16.7. The summed E-state index contributed by atoms with van der Waals surface area (Å²) in [6.07, 6.45) is 17.8. The minimum Gasteiger partial charge on any atom is -0.493 e. The minimum absolute atomic E-state index is 0.484. The van der Waals surface area contributed by atoms with Crippen molar-refractivity contribution in [1.82, 2.24) is 0 Å². The fourth-order valence-corrected chi connectivity index (χ4v) is 12.1. The molecule has 0 N–H and O–H groups in total. The molecule has 0 amide bonds. The smallest absolute Gasteiger partial charge is 0.493 e. The van der Waals surface area contributed by atoms with Crippen molar-refractivity contribution in [2.75, 3.05) is 52.9 Å². The van der Waals surface area contributed by atoms with E-state index in [-0.39, 0.29) is 0 Å². The van der Waals surface area contributed by atoms with Crippen LogP contribution >= 0.6 is 0 Å². The molecule has 0 aliphatic heterocycles. The third kappa shape index (κ3) is 15.7. The quantitative estimate of drug-likeness (QED) is 0.0454. The Bertz CT molecular complexity index is 1500. The number of benzene rings is 3. The Morgan fingerprint density at radius 1 is 0.433 bits per heavy atom. The van der Waals surface area contributed by atoms with Crippen LogP contribution in [0.25, 0.3) is 24.3 Å². The first-order valence-electron chi connectivity index (χ1n) is 23.1. The molecule has 8 nitrogen and oxygen atoms in total. The Morgan fingerprint density at radius 2 is 0.750 bits per heavy atom. The molecule has 3 rings (SSSR count). The molecule has 334 valence electrons.